The molecule has 0 aliphatic heterocycles. The molecule has 114 valence electrons. The van der Waals surface area contributed by atoms with Crippen LogP contribution < -0.4 is 14.8 Å². The maximum Gasteiger partial charge on any atom is 0.161 e. The topological polar surface area (TPSA) is 64.6 Å². The summed E-state index contributed by atoms with van der Waals surface area (Å²) in [4.78, 5) is 0. The number of hydrogen-bond donors (Lipinski definition) is 1. The molecule has 5 nitrogen and oxygen atoms in total. The molecule has 20 heavy (non-hydrogen) atoms. The fourth-order valence-corrected chi connectivity index (χ4v) is 2.47. The number of rotatable bonds is 8. The van der Waals surface area contributed by atoms with Gasteiger partial charge < -0.3 is 14.8 Å². The Morgan fingerprint density at radius 1 is 1.20 bits per heavy atom. The van der Waals surface area contributed by atoms with E-state index in [2.05, 4.69) is 12.2 Å². The average molecular weight is 301 g/mol. The first kappa shape index (κ1) is 16.8. The molecule has 1 aromatic rings. The van der Waals surface area contributed by atoms with E-state index in [9.17, 15) is 8.42 Å². The number of benzene rings is 1. The van der Waals surface area contributed by atoms with Crippen molar-refractivity contribution in [3.05, 3.63) is 23.8 Å². The van der Waals surface area contributed by atoms with Gasteiger partial charge in [-0.15, -0.1) is 0 Å². The largest absolute Gasteiger partial charge is 0.493 e. The number of sulfone groups is 1. The van der Waals surface area contributed by atoms with E-state index in [1.165, 1.54) is 6.26 Å². The summed E-state index contributed by atoms with van der Waals surface area (Å²) in [5.74, 6) is 1.49. The third-order valence-corrected chi connectivity index (χ3v) is 4.03. The van der Waals surface area contributed by atoms with Crippen molar-refractivity contribution in [1.29, 1.82) is 0 Å². The van der Waals surface area contributed by atoms with E-state index >= 15 is 0 Å². The van der Waals surface area contributed by atoms with Crippen LogP contribution in [-0.2, 0) is 9.84 Å². The lowest BCUT2D eigenvalue weighted by Crippen LogP contribution is -2.26. The van der Waals surface area contributed by atoms with Crippen LogP contribution >= 0.6 is 0 Å². The van der Waals surface area contributed by atoms with Crippen molar-refractivity contribution in [2.24, 2.45) is 0 Å². The number of ether oxygens (including phenoxy) is 2. The zero-order chi connectivity index (χ0) is 15.2. The maximum atomic E-state index is 11.1. The van der Waals surface area contributed by atoms with E-state index in [1.807, 2.05) is 18.2 Å². The number of nitrogens with one attached hydrogen (secondary N) is 1. The second kappa shape index (κ2) is 7.50. The minimum Gasteiger partial charge on any atom is -0.493 e. The fraction of sp³-hybridized carbons (Fsp3) is 0.571. The lowest BCUT2D eigenvalue weighted by Gasteiger charge is -2.19. The van der Waals surface area contributed by atoms with Crippen molar-refractivity contribution in [2.45, 2.75) is 19.4 Å². The van der Waals surface area contributed by atoms with Crippen LogP contribution in [0.5, 0.6) is 11.5 Å². The molecule has 0 fully saturated rings. The predicted molar refractivity (Wildman–Crippen MR) is 80.3 cm³/mol. The van der Waals surface area contributed by atoms with Crippen LogP contribution in [0.1, 0.15) is 24.9 Å². The Morgan fingerprint density at radius 2 is 1.85 bits per heavy atom. The Balaban J connectivity index is 2.79. The van der Waals surface area contributed by atoms with Gasteiger partial charge in [-0.05, 0) is 24.1 Å². The van der Waals surface area contributed by atoms with Gasteiger partial charge in [-0.25, -0.2) is 8.42 Å². The highest BCUT2D eigenvalue weighted by Gasteiger charge is 2.13. The molecule has 0 radical (unpaired) electrons. The summed E-state index contributed by atoms with van der Waals surface area (Å²) in [5.41, 5.74) is 1.05. The van der Waals surface area contributed by atoms with E-state index in [-0.39, 0.29) is 11.8 Å². The van der Waals surface area contributed by atoms with Crippen LogP contribution in [0, 0.1) is 0 Å². The number of methoxy groups -OCH3 is 2. The third-order valence-electron chi connectivity index (χ3n) is 3.08. The molecule has 1 atom stereocenters. The molecule has 0 saturated heterocycles. The van der Waals surface area contributed by atoms with Crippen molar-refractivity contribution >= 4 is 9.84 Å². The highest BCUT2D eigenvalue weighted by molar-refractivity contribution is 7.90. The molecule has 0 aliphatic carbocycles. The van der Waals surface area contributed by atoms with Crippen LogP contribution in [0.4, 0.5) is 0 Å². The quantitative estimate of drug-likeness (QED) is 0.793. The Kier molecular flexibility index (Phi) is 6.29. The highest BCUT2D eigenvalue weighted by Crippen LogP contribution is 2.30. The molecular formula is C14H23NO4S. The van der Waals surface area contributed by atoms with Crippen molar-refractivity contribution < 1.29 is 17.9 Å². The second-order valence-corrected chi connectivity index (χ2v) is 6.92. The van der Waals surface area contributed by atoms with Gasteiger partial charge >= 0.3 is 0 Å². The molecule has 0 amide bonds. The SMILES string of the molecule is CCC(NCCS(C)(=O)=O)c1ccc(OC)c(OC)c1. The van der Waals surface area contributed by atoms with Gasteiger partial charge in [0.15, 0.2) is 11.5 Å². The summed E-state index contributed by atoms with van der Waals surface area (Å²) in [6, 6.07) is 5.83. The summed E-state index contributed by atoms with van der Waals surface area (Å²) >= 11 is 0. The smallest absolute Gasteiger partial charge is 0.161 e. The average Bonchev–Trinajstić information content (AvgIpc) is 2.41. The summed E-state index contributed by atoms with van der Waals surface area (Å²) in [5, 5.41) is 3.26. The standard InChI is InChI=1S/C14H23NO4S/c1-5-12(15-8-9-20(4,16)17)11-6-7-13(18-2)14(10-11)19-3/h6-7,10,12,15H,5,8-9H2,1-4H3. The summed E-state index contributed by atoms with van der Waals surface area (Å²) in [6.45, 7) is 2.49. The van der Waals surface area contributed by atoms with Gasteiger partial charge in [-0.2, -0.15) is 0 Å². The molecule has 0 aromatic heterocycles. The Morgan fingerprint density at radius 3 is 2.35 bits per heavy atom. The van der Waals surface area contributed by atoms with E-state index in [1.54, 1.807) is 14.2 Å². The number of hydrogen-bond acceptors (Lipinski definition) is 5. The zero-order valence-corrected chi connectivity index (χ0v) is 13.3. The minimum absolute atomic E-state index is 0.0940. The molecule has 0 aliphatic rings. The van der Waals surface area contributed by atoms with Crippen LogP contribution in [0.3, 0.4) is 0 Å². The van der Waals surface area contributed by atoms with Crippen molar-refractivity contribution in [3.63, 3.8) is 0 Å². The van der Waals surface area contributed by atoms with Gasteiger partial charge in [0.1, 0.15) is 9.84 Å². The third kappa shape index (κ3) is 5.02. The Labute approximate surface area is 121 Å². The first-order chi connectivity index (χ1) is 9.41. The minimum atomic E-state index is -2.94. The van der Waals surface area contributed by atoms with E-state index in [0.717, 1.165) is 12.0 Å². The van der Waals surface area contributed by atoms with E-state index in [4.69, 9.17) is 9.47 Å². The van der Waals surface area contributed by atoms with E-state index < -0.39 is 9.84 Å². The monoisotopic (exact) mass is 301 g/mol. The van der Waals surface area contributed by atoms with Gasteiger partial charge in [0, 0.05) is 18.8 Å². The molecule has 1 rings (SSSR count). The van der Waals surface area contributed by atoms with Gasteiger partial charge in [0.2, 0.25) is 0 Å². The predicted octanol–water partition coefficient (Wildman–Crippen LogP) is 1.79. The molecule has 0 bridgehead atoms. The second-order valence-electron chi connectivity index (χ2n) is 4.66. The van der Waals surface area contributed by atoms with Gasteiger partial charge in [0.05, 0.1) is 20.0 Å². The molecule has 0 spiro atoms. The summed E-state index contributed by atoms with van der Waals surface area (Å²) in [7, 11) is 0.252. The Hall–Kier alpha value is -1.27. The van der Waals surface area contributed by atoms with Crippen molar-refractivity contribution in [2.75, 3.05) is 32.8 Å². The van der Waals surface area contributed by atoms with E-state index in [0.29, 0.717) is 18.0 Å². The molecule has 0 heterocycles. The maximum absolute atomic E-state index is 11.1. The summed E-state index contributed by atoms with van der Waals surface area (Å²) < 4.78 is 32.8. The van der Waals surface area contributed by atoms with Gasteiger partial charge in [0.25, 0.3) is 0 Å². The summed E-state index contributed by atoms with van der Waals surface area (Å²) in [6.07, 6.45) is 2.10. The molecule has 6 heteroatoms. The van der Waals surface area contributed by atoms with Gasteiger partial charge in [-0.1, -0.05) is 13.0 Å². The van der Waals surface area contributed by atoms with Crippen LogP contribution in [0.25, 0.3) is 0 Å². The van der Waals surface area contributed by atoms with Crippen LogP contribution in [-0.4, -0.2) is 41.2 Å². The van der Waals surface area contributed by atoms with Crippen LogP contribution in [0.15, 0.2) is 18.2 Å². The van der Waals surface area contributed by atoms with Gasteiger partial charge in [-0.3, -0.25) is 0 Å². The first-order valence-electron chi connectivity index (χ1n) is 6.54. The molecule has 1 unspecified atom stereocenters. The fourth-order valence-electron chi connectivity index (χ4n) is 1.99. The van der Waals surface area contributed by atoms with Crippen molar-refractivity contribution in [1.82, 2.24) is 5.32 Å². The highest BCUT2D eigenvalue weighted by atomic mass is 32.2. The molecule has 0 saturated carbocycles. The molecule has 1 aromatic carbocycles. The van der Waals surface area contributed by atoms with Crippen molar-refractivity contribution in [3.8, 4) is 11.5 Å². The molecular weight excluding hydrogens is 278 g/mol. The normalized spacial score (nSPS) is 13.0. The lowest BCUT2D eigenvalue weighted by molar-refractivity contribution is 0.353. The molecule has 1 N–H and O–H groups in total. The van der Waals surface area contributed by atoms with Crippen LogP contribution in [0.2, 0.25) is 0 Å². The Bertz CT molecular complexity index is 528. The lowest BCUT2D eigenvalue weighted by atomic mass is 10.0. The first-order valence-corrected chi connectivity index (χ1v) is 8.60. The zero-order valence-electron chi connectivity index (χ0n) is 12.5.